The van der Waals surface area contributed by atoms with Crippen LogP contribution in [0.5, 0.6) is 5.75 Å². The summed E-state index contributed by atoms with van der Waals surface area (Å²) in [5.41, 5.74) is 0.583. The Bertz CT molecular complexity index is 467. The first-order valence-corrected chi connectivity index (χ1v) is 7.72. The highest BCUT2D eigenvalue weighted by atomic mass is 16.5. The van der Waals surface area contributed by atoms with Crippen LogP contribution in [0.1, 0.15) is 50.2 Å². The summed E-state index contributed by atoms with van der Waals surface area (Å²) in [5, 5.41) is 10.3. The molecule has 1 atom stereocenters. The number of benzene rings is 1. The zero-order chi connectivity index (χ0) is 15.2. The molecular formula is C17H25NO3. The molecule has 4 heteroatoms. The maximum absolute atomic E-state index is 12.5. The lowest BCUT2D eigenvalue weighted by molar-refractivity contribution is -0.141. The number of methoxy groups -OCH3 is 1. The van der Waals surface area contributed by atoms with E-state index >= 15 is 0 Å². The van der Waals surface area contributed by atoms with Crippen molar-refractivity contribution < 1.29 is 14.6 Å². The van der Waals surface area contributed by atoms with Crippen molar-refractivity contribution in [3.05, 3.63) is 29.8 Å². The summed E-state index contributed by atoms with van der Waals surface area (Å²) in [4.78, 5) is 14.2. The van der Waals surface area contributed by atoms with Crippen LogP contribution >= 0.6 is 0 Å². The molecule has 0 bridgehead atoms. The van der Waals surface area contributed by atoms with Crippen molar-refractivity contribution in [2.75, 3.05) is 14.2 Å². The molecule has 21 heavy (non-hydrogen) atoms. The number of likely N-dealkylation sites (N-methyl/N-ethyl adjacent to an activating group) is 1. The molecule has 4 nitrogen and oxygen atoms in total. The second-order valence-electron chi connectivity index (χ2n) is 5.77. The molecule has 0 saturated heterocycles. The molecular weight excluding hydrogens is 266 g/mol. The van der Waals surface area contributed by atoms with E-state index in [-0.39, 0.29) is 11.9 Å². The van der Waals surface area contributed by atoms with Crippen molar-refractivity contribution in [3.63, 3.8) is 0 Å². The SMILES string of the molecule is COc1cccc(C(O)C(=O)N(C)C2CCCCCC2)c1. The van der Waals surface area contributed by atoms with Crippen LogP contribution in [-0.4, -0.2) is 36.1 Å². The Labute approximate surface area is 126 Å². The fourth-order valence-electron chi connectivity index (χ4n) is 2.97. The van der Waals surface area contributed by atoms with Gasteiger partial charge in [0, 0.05) is 13.1 Å². The van der Waals surface area contributed by atoms with Gasteiger partial charge in [0.15, 0.2) is 6.10 Å². The largest absolute Gasteiger partial charge is 0.497 e. The van der Waals surface area contributed by atoms with Crippen LogP contribution in [0.4, 0.5) is 0 Å². The molecule has 0 spiro atoms. The third-order valence-corrected chi connectivity index (χ3v) is 4.36. The number of ether oxygens (including phenoxy) is 1. The minimum Gasteiger partial charge on any atom is -0.497 e. The molecule has 1 N–H and O–H groups in total. The maximum atomic E-state index is 12.5. The molecule has 116 valence electrons. The molecule has 1 unspecified atom stereocenters. The van der Waals surface area contributed by atoms with E-state index in [9.17, 15) is 9.90 Å². The first-order valence-electron chi connectivity index (χ1n) is 7.72. The summed E-state index contributed by atoms with van der Waals surface area (Å²) in [7, 11) is 3.38. The molecule has 1 aromatic carbocycles. The Hall–Kier alpha value is -1.55. The number of carbonyl (C=O) groups is 1. The van der Waals surface area contributed by atoms with Crippen LogP contribution in [0.25, 0.3) is 0 Å². The molecule has 0 radical (unpaired) electrons. The highest BCUT2D eigenvalue weighted by molar-refractivity contribution is 5.82. The lowest BCUT2D eigenvalue weighted by Gasteiger charge is -2.29. The molecule has 1 saturated carbocycles. The van der Waals surface area contributed by atoms with Crippen molar-refractivity contribution in [1.29, 1.82) is 0 Å². The maximum Gasteiger partial charge on any atom is 0.256 e. The third kappa shape index (κ3) is 3.97. The Kier molecular flexibility index (Phi) is 5.62. The van der Waals surface area contributed by atoms with Crippen molar-refractivity contribution >= 4 is 5.91 Å². The Morgan fingerprint density at radius 2 is 1.95 bits per heavy atom. The normalized spacial score (nSPS) is 17.9. The standard InChI is InChI=1S/C17H25NO3/c1-18(14-9-5-3-4-6-10-14)17(20)16(19)13-8-7-11-15(12-13)21-2/h7-8,11-12,14,16,19H,3-6,9-10H2,1-2H3. The van der Waals surface area contributed by atoms with E-state index < -0.39 is 6.10 Å². The van der Waals surface area contributed by atoms with Crippen LogP contribution in [0, 0.1) is 0 Å². The molecule has 1 fully saturated rings. The van der Waals surface area contributed by atoms with Gasteiger partial charge in [-0.3, -0.25) is 4.79 Å². The van der Waals surface area contributed by atoms with Crippen LogP contribution in [0.15, 0.2) is 24.3 Å². The van der Waals surface area contributed by atoms with Crippen molar-refractivity contribution in [3.8, 4) is 5.75 Å². The topological polar surface area (TPSA) is 49.8 Å². The predicted molar refractivity (Wildman–Crippen MR) is 82.2 cm³/mol. The molecule has 2 rings (SSSR count). The fourth-order valence-corrected chi connectivity index (χ4v) is 2.97. The van der Waals surface area contributed by atoms with E-state index in [2.05, 4.69) is 0 Å². The lowest BCUT2D eigenvalue weighted by atomic mass is 10.0. The number of nitrogens with zero attached hydrogens (tertiary/aromatic N) is 1. The summed E-state index contributed by atoms with van der Waals surface area (Å²) >= 11 is 0. The summed E-state index contributed by atoms with van der Waals surface area (Å²) < 4.78 is 5.14. The van der Waals surface area contributed by atoms with Gasteiger partial charge in [-0.25, -0.2) is 0 Å². The van der Waals surface area contributed by atoms with E-state index in [0.717, 1.165) is 25.7 Å². The van der Waals surface area contributed by atoms with E-state index in [4.69, 9.17) is 4.74 Å². The van der Waals surface area contributed by atoms with Crippen LogP contribution in [0.2, 0.25) is 0 Å². The zero-order valence-corrected chi connectivity index (χ0v) is 12.9. The van der Waals surface area contributed by atoms with Crippen LogP contribution < -0.4 is 4.74 Å². The van der Waals surface area contributed by atoms with Gasteiger partial charge in [0.25, 0.3) is 5.91 Å². The van der Waals surface area contributed by atoms with E-state index in [0.29, 0.717) is 11.3 Å². The molecule has 1 aliphatic carbocycles. The molecule has 1 aliphatic rings. The van der Waals surface area contributed by atoms with Gasteiger partial charge in [-0.2, -0.15) is 0 Å². The number of hydrogen-bond acceptors (Lipinski definition) is 3. The zero-order valence-electron chi connectivity index (χ0n) is 12.9. The van der Waals surface area contributed by atoms with Gasteiger partial charge in [0.2, 0.25) is 0 Å². The number of carbonyl (C=O) groups excluding carboxylic acids is 1. The highest BCUT2D eigenvalue weighted by Gasteiger charge is 2.27. The second-order valence-corrected chi connectivity index (χ2v) is 5.77. The van der Waals surface area contributed by atoms with Crippen molar-refractivity contribution in [2.24, 2.45) is 0 Å². The molecule has 1 aromatic rings. The Balaban J connectivity index is 2.06. The Morgan fingerprint density at radius 1 is 1.29 bits per heavy atom. The average molecular weight is 291 g/mol. The predicted octanol–water partition coefficient (Wildman–Crippen LogP) is 2.91. The van der Waals surface area contributed by atoms with E-state index in [1.165, 1.54) is 12.8 Å². The minimum atomic E-state index is -1.12. The van der Waals surface area contributed by atoms with Crippen molar-refractivity contribution in [1.82, 2.24) is 4.90 Å². The quantitative estimate of drug-likeness (QED) is 0.868. The van der Waals surface area contributed by atoms with Gasteiger partial charge in [-0.15, -0.1) is 0 Å². The van der Waals surface area contributed by atoms with Crippen molar-refractivity contribution in [2.45, 2.75) is 50.7 Å². The Morgan fingerprint density at radius 3 is 2.57 bits per heavy atom. The van der Waals surface area contributed by atoms with Crippen LogP contribution in [-0.2, 0) is 4.79 Å². The van der Waals surface area contributed by atoms with Gasteiger partial charge in [0.05, 0.1) is 7.11 Å². The lowest BCUT2D eigenvalue weighted by Crippen LogP contribution is -2.39. The number of hydrogen-bond donors (Lipinski definition) is 1. The molecule has 0 aliphatic heterocycles. The molecule has 1 amide bonds. The molecule has 0 aromatic heterocycles. The van der Waals surface area contributed by atoms with E-state index in [1.807, 2.05) is 7.05 Å². The van der Waals surface area contributed by atoms with Gasteiger partial charge in [0.1, 0.15) is 5.75 Å². The van der Waals surface area contributed by atoms with Gasteiger partial charge < -0.3 is 14.7 Å². The first-order chi connectivity index (χ1) is 10.1. The van der Waals surface area contributed by atoms with Gasteiger partial charge in [-0.1, -0.05) is 37.8 Å². The number of aliphatic hydroxyl groups excluding tert-OH is 1. The summed E-state index contributed by atoms with van der Waals surface area (Å²) in [6, 6.07) is 7.31. The fraction of sp³-hybridized carbons (Fsp3) is 0.588. The van der Waals surface area contributed by atoms with Crippen LogP contribution in [0.3, 0.4) is 0 Å². The number of rotatable bonds is 4. The molecule has 0 heterocycles. The average Bonchev–Trinajstić information content (AvgIpc) is 2.82. The highest BCUT2D eigenvalue weighted by Crippen LogP contribution is 2.25. The monoisotopic (exact) mass is 291 g/mol. The van der Waals surface area contributed by atoms with E-state index in [1.54, 1.807) is 36.3 Å². The third-order valence-electron chi connectivity index (χ3n) is 4.36. The number of amides is 1. The smallest absolute Gasteiger partial charge is 0.256 e. The summed E-state index contributed by atoms with van der Waals surface area (Å²) in [5.74, 6) is 0.423. The van der Waals surface area contributed by atoms with Gasteiger partial charge in [-0.05, 0) is 30.5 Å². The second kappa shape index (κ2) is 7.46. The summed E-state index contributed by atoms with van der Waals surface area (Å²) in [6.07, 6.45) is 5.77. The summed E-state index contributed by atoms with van der Waals surface area (Å²) in [6.45, 7) is 0. The minimum absolute atomic E-state index is 0.227. The van der Waals surface area contributed by atoms with Gasteiger partial charge >= 0.3 is 0 Å². The first kappa shape index (κ1) is 15.8. The number of aliphatic hydroxyl groups is 1.